The van der Waals surface area contributed by atoms with E-state index < -0.39 is 6.08 Å². The summed E-state index contributed by atoms with van der Waals surface area (Å²) in [4.78, 5) is 26.2. The lowest BCUT2D eigenvalue weighted by molar-refractivity contribution is 0.173. The third-order valence-electron chi connectivity index (χ3n) is 5.42. The van der Waals surface area contributed by atoms with Crippen LogP contribution in [0.2, 0.25) is 0 Å². The van der Waals surface area contributed by atoms with Gasteiger partial charge < -0.3 is 14.5 Å². The number of ether oxygens (including phenoxy) is 1. The van der Waals surface area contributed by atoms with Gasteiger partial charge in [-0.3, -0.25) is 0 Å². The summed E-state index contributed by atoms with van der Waals surface area (Å²) in [5.74, 6) is 7.74. The first-order valence-electron chi connectivity index (χ1n) is 10.8. The molecule has 0 aromatic carbocycles. The highest BCUT2D eigenvalue weighted by atomic mass is 19.1. The van der Waals surface area contributed by atoms with Crippen LogP contribution in [-0.4, -0.2) is 79.1 Å². The largest absolute Gasteiger partial charge is 0.382 e. The highest BCUT2D eigenvalue weighted by Crippen LogP contribution is 2.19. The summed E-state index contributed by atoms with van der Waals surface area (Å²) in [5, 5.41) is 6.82. The molecule has 0 radical (unpaired) electrons. The van der Waals surface area contributed by atoms with Crippen molar-refractivity contribution in [2.45, 2.75) is 6.04 Å². The summed E-state index contributed by atoms with van der Waals surface area (Å²) < 4.78 is 20.1. The Morgan fingerprint density at radius 3 is 2.43 bits per heavy atom. The van der Waals surface area contributed by atoms with Gasteiger partial charge in [0.05, 0.1) is 18.2 Å². The van der Waals surface area contributed by atoms with Gasteiger partial charge >= 0.3 is 6.08 Å². The van der Waals surface area contributed by atoms with E-state index >= 15 is 0 Å². The number of rotatable bonds is 5. The molecule has 1 atom stereocenters. The van der Waals surface area contributed by atoms with E-state index in [1.54, 1.807) is 56.3 Å². The van der Waals surface area contributed by atoms with Crippen LogP contribution in [0.3, 0.4) is 0 Å². The van der Waals surface area contributed by atoms with Crippen molar-refractivity contribution in [2.75, 3.05) is 43.2 Å². The summed E-state index contributed by atoms with van der Waals surface area (Å²) in [6.45, 7) is 2.68. The van der Waals surface area contributed by atoms with E-state index in [1.165, 1.54) is 6.33 Å². The molecule has 1 fully saturated rings. The Balaban J connectivity index is 1.25. The lowest BCUT2D eigenvalue weighted by Gasteiger charge is -2.41. The first kappa shape index (κ1) is 22.3. The lowest BCUT2D eigenvalue weighted by atomic mass is 10.2. The molecule has 1 saturated heterocycles. The molecular formula is C23H21FN10O. The van der Waals surface area contributed by atoms with Crippen molar-refractivity contribution in [3.8, 4) is 17.7 Å². The number of piperazine rings is 1. The second-order valence-corrected chi connectivity index (χ2v) is 7.69. The van der Waals surface area contributed by atoms with Crippen molar-refractivity contribution in [3.05, 3.63) is 72.7 Å². The normalized spacial score (nSPS) is 15.5. The third kappa shape index (κ3) is 5.04. The Labute approximate surface area is 200 Å². The summed E-state index contributed by atoms with van der Waals surface area (Å²) in [7, 11) is 1.68. The van der Waals surface area contributed by atoms with E-state index in [0.29, 0.717) is 42.0 Å². The monoisotopic (exact) mass is 472 g/mol. The maximum Gasteiger partial charge on any atom is 0.314 e. The molecule has 0 aliphatic carbocycles. The maximum absolute atomic E-state index is 13.5. The molecule has 1 aliphatic rings. The van der Waals surface area contributed by atoms with Gasteiger partial charge in [0.15, 0.2) is 0 Å². The Bertz CT molecular complexity index is 1320. The zero-order valence-electron chi connectivity index (χ0n) is 18.9. The minimum atomic E-state index is -0.725. The van der Waals surface area contributed by atoms with E-state index in [9.17, 15) is 4.39 Å². The minimum absolute atomic E-state index is 0.0706. The van der Waals surface area contributed by atoms with Crippen molar-refractivity contribution in [1.82, 2.24) is 39.7 Å². The Morgan fingerprint density at radius 2 is 1.74 bits per heavy atom. The first-order chi connectivity index (χ1) is 17.2. The van der Waals surface area contributed by atoms with Crippen LogP contribution in [0.5, 0.6) is 0 Å². The number of methoxy groups -OCH3 is 1. The molecule has 12 heteroatoms. The average molecular weight is 472 g/mol. The van der Waals surface area contributed by atoms with E-state index in [4.69, 9.17) is 4.74 Å². The molecule has 11 nitrogen and oxygen atoms in total. The zero-order valence-corrected chi connectivity index (χ0v) is 18.9. The highest BCUT2D eigenvalue weighted by molar-refractivity contribution is 5.44. The number of aromatic nitrogens is 8. The van der Waals surface area contributed by atoms with Crippen LogP contribution in [0.25, 0.3) is 5.82 Å². The van der Waals surface area contributed by atoms with Gasteiger partial charge in [0.25, 0.3) is 0 Å². The minimum Gasteiger partial charge on any atom is -0.382 e. The molecular weight excluding hydrogens is 451 g/mol. The molecule has 0 amide bonds. The van der Waals surface area contributed by atoms with Gasteiger partial charge in [0, 0.05) is 63.3 Å². The molecule has 0 N–H and O–H groups in total. The molecule has 4 aromatic heterocycles. The van der Waals surface area contributed by atoms with Crippen LogP contribution in [-0.2, 0) is 4.74 Å². The Morgan fingerprint density at radius 1 is 0.971 bits per heavy atom. The molecule has 1 aliphatic heterocycles. The SMILES string of the molecule is COC[C@H]1CN(c2ncc(C#Cc3ccc(-n4cnnc4F)nc3)cn2)CCN1c1ncccn1. The van der Waals surface area contributed by atoms with Gasteiger partial charge in [-0.2, -0.15) is 4.39 Å². The fourth-order valence-electron chi connectivity index (χ4n) is 3.75. The van der Waals surface area contributed by atoms with E-state index in [2.05, 4.69) is 56.8 Å². The molecule has 4 aromatic rings. The van der Waals surface area contributed by atoms with Crippen molar-refractivity contribution in [2.24, 2.45) is 0 Å². The smallest absolute Gasteiger partial charge is 0.314 e. The van der Waals surface area contributed by atoms with E-state index in [1.807, 2.05) is 0 Å². The summed E-state index contributed by atoms with van der Waals surface area (Å²) in [6, 6.07) is 5.26. The van der Waals surface area contributed by atoms with Crippen LogP contribution in [0.1, 0.15) is 11.1 Å². The van der Waals surface area contributed by atoms with Gasteiger partial charge in [-0.05, 0) is 18.2 Å². The third-order valence-corrected chi connectivity index (χ3v) is 5.42. The predicted molar refractivity (Wildman–Crippen MR) is 124 cm³/mol. The number of hydrogen-bond acceptors (Lipinski definition) is 10. The fourth-order valence-corrected chi connectivity index (χ4v) is 3.75. The van der Waals surface area contributed by atoms with E-state index in [0.717, 1.165) is 17.7 Å². The Kier molecular flexibility index (Phi) is 6.49. The lowest BCUT2D eigenvalue weighted by Crippen LogP contribution is -2.56. The van der Waals surface area contributed by atoms with Crippen LogP contribution in [0.15, 0.2) is 55.5 Å². The second kappa shape index (κ2) is 10.2. The summed E-state index contributed by atoms with van der Waals surface area (Å²) in [5.41, 5.74) is 1.35. The van der Waals surface area contributed by atoms with Crippen molar-refractivity contribution in [1.29, 1.82) is 0 Å². The standard InChI is InChI=1S/C23H21FN10O/c1-35-15-19-14-32(9-10-33(19)23-25-7-2-8-26-23)22-28-12-18(13-29-22)4-3-17-5-6-20(27-11-17)34-16-30-31-21(34)24/h2,5-8,11-13,16,19H,9-10,14-15H2,1H3/t19-/m1/s1. The number of anilines is 2. The van der Waals surface area contributed by atoms with Gasteiger partial charge in [-0.1, -0.05) is 16.9 Å². The molecule has 0 bridgehead atoms. The average Bonchev–Trinajstić information content (AvgIpc) is 3.34. The van der Waals surface area contributed by atoms with Gasteiger partial charge in [0.1, 0.15) is 12.1 Å². The molecule has 0 unspecified atom stereocenters. The number of nitrogens with zero attached hydrogens (tertiary/aromatic N) is 10. The van der Waals surface area contributed by atoms with Crippen molar-refractivity contribution >= 4 is 11.9 Å². The number of pyridine rings is 1. The van der Waals surface area contributed by atoms with Gasteiger partial charge in [-0.25, -0.2) is 29.5 Å². The van der Waals surface area contributed by atoms with Crippen LogP contribution < -0.4 is 9.80 Å². The number of hydrogen-bond donors (Lipinski definition) is 0. The fraction of sp³-hybridized carbons (Fsp3) is 0.261. The van der Waals surface area contributed by atoms with Crippen LogP contribution >= 0.6 is 0 Å². The summed E-state index contributed by atoms with van der Waals surface area (Å²) >= 11 is 0. The molecule has 35 heavy (non-hydrogen) atoms. The van der Waals surface area contributed by atoms with E-state index in [-0.39, 0.29) is 6.04 Å². The van der Waals surface area contributed by atoms with Gasteiger partial charge in [0.2, 0.25) is 11.9 Å². The van der Waals surface area contributed by atoms with Crippen molar-refractivity contribution < 1.29 is 9.13 Å². The molecule has 0 saturated carbocycles. The molecule has 176 valence electrons. The van der Waals surface area contributed by atoms with Crippen LogP contribution in [0, 0.1) is 17.9 Å². The predicted octanol–water partition coefficient (Wildman–Crippen LogP) is 1.12. The number of halogens is 1. The quantitative estimate of drug-likeness (QED) is 0.392. The highest BCUT2D eigenvalue weighted by Gasteiger charge is 2.29. The maximum atomic E-state index is 13.5. The molecule has 5 rings (SSSR count). The zero-order chi connectivity index (χ0) is 24.0. The van der Waals surface area contributed by atoms with Crippen LogP contribution in [0.4, 0.5) is 16.3 Å². The van der Waals surface area contributed by atoms with Gasteiger partial charge in [-0.15, -0.1) is 5.10 Å². The first-order valence-corrected chi connectivity index (χ1v) is 10.8. The molecule has 0 spiro atoms. The Hall–Kier alpha value is -4.50. The second-order valence-electron chi connectivity index (χ2n) is 7.69. The van der Waals surface area contributed by atoms with Crippen molar-refractivity contribution in [3.63, 3.8) is 0 Å². The summed E-state index contributed by atoms with van der Waals surface area (Å²) in [6.07, 6.45) is 8.96. The molecule has 5 heterocycles. The topological polar surface area (TPSA) is 111 Å².